The molecule has 0 radical (unpaired) electrons. The van der Waals surface area contributed by atoms with E-state index >= 15 is 0 Å². The molecule has 102 valence electrons. The molecule has 19 heavy (non-hydrogen) atoms. The molecule has 0 spiro atoms. The van der Waals surface area contributed by atoms with E-state index in [-0.39, 0.29) is 11.3 Å². The maximum Gasteiger partial charge on any atom is 0.176 e. The Morgan fingerprint density at radius 2 is 2.00 bits per heavy atom. The van der Waals surface area contributed by atoms with Crippen molar-refractivity contribution in [2.75, 3.05) is 13.1 Å². The predicted molar refractivity (Wildman–Crippen MR) is 77.7 cm³/mol. The van der Waals surface area contributed by atoms with E-state index in [2.05, 4.69) is 30.9 Å². The first-order valence-corrected chi connectivity index (χ1v) is 7.46. The Bertz CT molecular complexity index is 504. The van der Waals surface area contributed by atoms with Gasteiger partial charge in [0.1, 0.15) is 0 Å². The maximum atomic E-state index is 12.4. The normalized spacial score (nSPS) is 21.6. The zero-order valence-corrected chi connectivity index (χ0v) is 12.0. The van der Waals surface area contributed by atoms with Crippen LogP contribution >= 0.6 is 0 Å². The standard InChI is InChI=1S/C17H23NO/c1-17(2)9-4-10-18(17)12-16(19)15-8-7-13-5-3-6-14(13)11-15/h7-8,11H,3-6,9-10,12H2,1-2H3. The lowest BCUT2D eigenvalue weighted by atomic mass is 10.00. The highest BCUT2D eigenvalue weighted by Crippen LogP contribution is 2.28. The zero-order valence-electron chi connectivity index (χ0n) is 12.0. The van der Waals surface area contributed by atoms with Crippen molar-refractivity contribution in [3.05, 3.63) is 34.9 Å². The topological polar surface area (TPSA) is 20.3 Å². The van der Waals surface area contributed by atoms with E-state index in [0.29, 0.717) is 6.54 Å². The summed E-state index contributed by atoms with van der Waals surface area (Å²) in [6.07, 6.45) is 5.98. The van der Waals surface area contributed by atoms with Gasteiger partial charge in [0.15, 0.2) is 5.78 Å². The van der Waals surface area contributed by atoms with Crippen molar-refractivity contribution in [2.24, 2.45) is 0 Å². The summed E-state index contributed by atoms with van der Waals surface area (Å²) in [5, 5.41) is 0. The van der Waals surface area contributed by atoms with Crippen LogP contribution in [-0.2, 0) is 12.8 Å². The number of rotatable bonds is 3. The summed E-state index contributed by atoms with van der Waals surface area (Å²) in [4.78, 5) is 14.8. The van der Waals surface area contributed by atoms with Gasteiger partial charge in [-0.15, -0.1) is 0 Å². The summed E-state index contributed by atoms with van der Waals surface area (Å²) in [5.74, 6) is 0.282. The van der Waals surface area contributed by atoms with Crippen LogP contribution in [0.5, 0.6) is 0 Å². The van der Waals surface area contributed by atoms with Gasteiger partial charge in [0.05, 0.1) is 6.54 Å². The molecule has 0 amide bonds. The lowest BCUT2D eigenvalue weighted by Gasteiger charge is -2.30. The molecule has 1 saturated heterocycles. The molecule has 2 heteroatoms. The van der Waals surface area contributed by atoms with Crippen molar-refractivity contribution < 1.29 is 4.79 Å². The first kappa shape index (κ1) is 12.9. The summed E-state index contributed by atoms with van der Waals surface area (Å²) >= 11 is 0. The Balaban J connectivity index is 1.74. The van der Waals surface area contributed by atoms with Crippen molar-refractivity contribution in [3.63, 3.8) is 0 Å². The van der Waals surface area contributed by atoms with Crippen molar-refractivity contribution in [1.82, 2.24) is 4.90 Å². The first-order valence-electron chi connectivity index (χ1n) is 7.46. The molecule has 3 rings (SSSR count). The lowest BCUT2D eigenvalue weighted by Crippen LogP contribution is -2.41. The number of Topliss-reactive ketones (excluding diaryl/α,β-unsaturated/α-hetero) is 1. The number of fused-ring (bicyclic) bond motifs is 1. The van der Waals surface area contributed by atoms with Gasteiger partial charge >= 0.3 is 0 Å². The number of aryl methyl sites for hydroxylation is 2. The molecule has 0 N–H and O–H groups in total. The average Bonchev–Trinajstić information content (AvgIpc) is 2.95. The molecular formula is C17H23NO. The van der Waals surface area contributed by atoms with Gasteiger partial charge in [-0.3, -0.25) is 9.69 Å². The number of hydrogen-bond acceptors (Lipinski definition) is 2. The molecular weight excluding hydrogens is 234 g/mol. The van der Waals surface area contributed by atoms with Crippen molar-refractivity contribution in [3.8, 4) is 0 Å². The van der Waals surface area contributed by atoms with Crippen LogP contribution in [0.15, 0.2) is 18.2 Å². The monoisotopic (exact) mass is 257 g/mol. The Hall–Kier alpha value is -1.15. The van der Waals surface area contributed by atoms with Crippen LogP contribution in [-0.4, -0.2) is 29.3 Å². The third kappa shape index (κ3) is 2.46. The van der Waals surface area contributed by atoms with Crippen LogP contribution in [0.1, 0.15) is 54.6 Å². The molecule has 1 fully saturated rings. The molecule has 2 aliphatic rings. The van der Waals surface area contributed by atoms with Crippen molar-refractivity contribution >= 4 is 5.78 Å². The molecule has 0 atom stereocenters. The van der Waals surface area contributed by atoms with Crippen molar-refractivity contribution in [1.29, 1.82) is 0 Å². The highest BCUT2D eigenvalue weighted by atomic mass is 16.1. The van der Waals surface area contributed by atoms with E-state index in [4.69, 9.17) is 0 Å². The number of nitrogens with zero attached hydrogens (tertiary/aromatic N) is 1. The van der Waals surface area contributed by atoms with Crippen LogP contribution in [0.4, 0.5) is 0 Å². The molecule has 0 saturated carbocycles. The smallest absolute Gasteiger partial charge is 0.176 e. The van der Waals surface area contributed by atoms with Crippen LogP contribution in [0.3, 0.4) is 0 Å². The van der Waals surface area contributed by atoms with Gasteiger partial charge in [0, 0.05) is 11.1 Å². The SMILES string of the molecule is CC1(C)CCCN1CC(=O)c1ccc2c(c1)CCC2. The van der Waals surface area contributed by atoms with E-state index in [1.165, 1.54) is 36.8 Å². The summed E-state index contributed by atoms with van der Waals surface area (Å²) < 4.78 is 0. The molecule has 2 nitrogen and oxygen atoms in total. The fraction of sp³-hybridized carbons (Fsp3) is 0.588. The molecule has 1 aliphatic carbocycles. The maximum absolute atomic E-state index is 12.4. The van der Waals surface area contributed by atoms with E-state index < -0.39 is 0 Å². The Morgan fingerprint density at radius 1 is 1.21 bits per heavy atom. The zero-order chi connectivity index (χ0) is 13.5. The fourth-order valence-electron chi connectivity index (χ4n) is 3.47. The third-order valence-corrected chi connectivity index (χ3v) is 4.83. The highest BCUT2D eigenvalue weighted by Gasteiger charge is 2.33. The largest absolute Gasteiger partial charge is 0.293 e. The molecule has 1 heterocycles. The van der Waals surface area contributed by atoms with E-state index in [0.717, 1.165) is 18.5 Å². The van der Waals surface area contributed by atoms with Crippen LogP contribution < -0.4 is 0 Å². The minimum atomic E-state index is 0.187. The van der Waals surface area contributed by atoms with Gasteiger partial charge in [-0.1, -0.05) is 12.1 Å². The highest BCUT2D eigenvalue weighted by molar-refractivity contribution is 5.98. The Morgan fingerprint density at radius 3 is 2.74 bits per heavy atom. The number of hydrogen-bond donors (Lipinski definition) is 0. The molecule has 1 aliphatic heterocycles. The minimum Gasteiger partial charge on any atom is -0.293 e. The third-order valence-electron chi connectivity index (χ3n) is 4.83. The molecule has 0 bridgehead atoms. The summed E-state index contributed by atoms with van der Waals surface area (Å²) in [6, 6.07) is 6.31. The molecule has 0 unspecified atom stereocenters. The number of likely N-dealkylation sites (tertiary alicyclic amines) is 1. The predicted octanol–water partition coefficient (Wildman–Crippen LogP) is 3.23. The van der Waals surface area contributed by atoms with Gasteiger partial charge < -0.3 is 0 Å². The van der Waals surface area contributed by atoms with E-state index in [1.807, 2.05) is 6.07 Å². The lowest BCUT2D eigenvalue weighted by molar-refractivity contribution is 0.0871. The van der Waals surface area contributed by atoms with Crippen LogP contribution in [0, 0.1) is 0 Å². The number of carbonyl (C=O) groups excluding carboxylic acids is 1. The molecule has 1 aromatic carbocycles. The quantitative estimate of drug-likeness (QED) is 0.775. The second kappa shape index (κ2) is 4.75. The summed E-state index contributed by atoms with van der Waals surface area (Å²) in [6.45, 7) is 6.13. The van der Waals surface area contributed by atoms with E-state index in [9.17, 15) is 4.79 Å². The van der Waals surface area contributed by atoms with Crippen LogP contribution in [0.2, 0.25) is 0 Å². The summed E-state index contributed by atoms with van der Waals surface area (Å²) in [7, 11) is 0. The average molecular weight is 257 g/mol. The van der Waals surface area contributed by atoms with Gasteiger partial charge in [-0.2, -0.15) is 0 Å². The Kier molecular flexibility index (Phi) is 3.22. The van der Waals surface area contributed by atoms with Gasteiger partial charge in [-0.05, 0) is 69.7 Å². The number of benzene rings is 1. The van der Waals surface area contributed by atoms with Gasteiger partial charge in [0.2, 0.25) is 0 Å². The van der Waals surface area contributed by atoms with Gasteiger partial charge in [0.25, 0.3) is 0 Å². The second-order valence-electron chi connectivity index (χ2n) is 6.60. The van der Waals surface area contributed by atoms with E-state index in [1.54, 1.807) is 0 Å². The fourth-order valence-corrected chi connectivity index (χ4v) is 3.47. The minimum absolute atomic E-state index is 0.187. The second-order valence-corrected chi connectivity index (χ2v) is 6.60. The number of ketones is 1. The summed E-state index contributed by atoms with van der Waals surface area (Å²) in [5.41, 5.74) is 3.93. The Labute approximate surface area is 115 Å². The molecule has 1 aromatic rings. The number of carbonyl (C=O) groups is 1. The first-order chi connectivity index (χ1) is 9.06. The van der Waals surface area contributed by atoms with Crippen LogP contribution in [0.25, 0.3) is 0 Å². The molecule has 0 aromatic heterocycles. The van der Waals surface area contributed by atoms with Crippen molar-refractivity contribution in [2.45, 2.75) is 51.5 Å². The van der Waals surface area contributed by atoms with Gasteiger partial charge in [-0.25, -0.2) is 0 Å².